The minimum atomic E-state index is 0.312. The Bertz CT molecular complexity index is 1460. The second-order valence-electron chi connectivity index (χ2n) is 8.69. The summed E-state index contributed by atoms with van der Waals surface area (Å²) in [6, 6.07) is 23.0. The highest BCUT2D eigenvalue weighted by Crippen LogP contribution is 2.36. The first-order valence-corrected chi connectivity index (χ1v) is 13.5. The molecular formula is C32H26Cl4O2. The van der Waals surface area contributed by atoms with Gasteiger partial charge in [-0.05, 0) is 78.1 Å². The van der Waals surface area contributed by atoms with Gasteiger partial charge in [-0.15, -0.1) is 13.2 Å². The summed E-state index contributed by atoms with van der Waals surface area (Å²) >= 11 is 24.8. The number of hydrogen-bond donors (Lipinski definition) is 0. The smallest absolute Gasteiger partial charge is 0.127 e. The number of hydrogen-bond acceptors (Lipinski definition) is 2. The van der Waals surface area contributed by atoms with E-state index in [1.807, 2.05) is 48.6 Å². The minimum absolute atomic E-state index is 0.312. The first-order chi connectivity index (χ1) is 18.4. The maximum absolute atomic E-state index is 6.37. The Kier molecular flexibility index (Phi) is 9.82. The number of halogens is 4. The zero-order valence-corrected chi connectivity index (χ0v) is 23.7. The van der Waals surface area contributed by atoms with Crippen molar-refractivity contribution in [3.63, 3.8) is 0 Å². The molecule has 0 unspecified atom stereocenters. The second kappa shape index (κ2) is 13.3. The zero-order valence-electron chi connectivity index (χ0n) is 20.7. The average molecular weight is 584 g/mol. The van der Waals surface area contributed by atoms with E-state index in [0.29, 0.717) is 39.7 Å². The van der Waals surface area contributed by atoms with Gasteiger partial charge in [0.2, 0.25) is 0 Å². The molecule has 0 amide bonds. The molecule has 4 rings (SSSR count). The van der Waals surface area contributed by atoms with Crippen molar-refractivity contribution in [3.8, 4) is 22.6 Å². The van der Waals surface area contributed by atoms with Crippen molar-refractivity contribution in [1.29, 1.82) is 0 Å². The monoisotopic (exact) mass is 582 g/mol. The summed E-state index contributed by atoms with van der Waals surface area (Å²) in [5.41, 5.74) is 5.82. The van der Waals surface area contributed by atoms with Gasteiger partial charge < -0.3 is 9.47 Å². The van der Waals surface area contributed by atoms with E-state index in [9.17, 15) is 0 Å². The van der Waals surface area contributed by atoms with Crippen LogP contribution in [0.3, 0.4) is 0 Å². The predicted octanol–water partition coefficient (Wildman–Crippen LogP) is 10.6. The van der Waals surface area contributed by atoms with Crippen molar-refractivity contribution < 1.29 is 9.47 Å². The van der Waals surface area contributed by atoms with Gasteiger partial charge in [-0.1, -0.05) is 82.8 Å². The summed E-state index contributed by atoms with van der Waals surface area (Å²) in [6.07, 6.45) is 5.13. The Balaban J connectivity index is 1.64. The fourth-order valence-electron chi connectivity index (χ4n) is 4.01. The third-order valence-corrected chi connectivity index (χ3v) is 7.13. The van der Waals surface area contributed by atoms with Crippen LogP contribution in [0, 0.1) is 0 Å². The Morgan fingerprint density at radius 2 is 1.16 bits per heavy atom. The Morgan fingerprint density at radius 1 is 0.579 bits per heavy atom. The molecule has 0 radical (unpaired) electrons. The van der Waals surface area contributed by atoms with E-state index in [-0.39, 0.29) is 0 Å². The van der Waals surface area contributed by atoms with Crippen molar-refractivity contribution in [1.82, 2.24) is 0 Å². The number of benzene rings is 4. The molecule has 0 heterocycles. The number of rotatable bonds is 11. The highest BCUT2D eigenvalue weighted by atomic mass is 35.5. The number of ether oxygens (including phenoxy) is 2. The maximum Gasteiger partial charge on any atom is 0.127 e. The summed E-state index contributed by atoms with van der Waals surface area (Å²) in [7, 11) is 0. The van der Waals surface area contributed by atoms with Gasteiger partial charge in [0.15, 0.2) is 0 Å². The van der Waals surface area contributed by atoms with E-state index in [1.165, 1.54) is 0 Å². The molecule has 194 valence electrons. The maximum atomic E-state index is 6.37. The van der Waals surface area contributed by atoms with E-state index in [1.54, 1.807) is 24.3 Å². The highest BCUT2D eigenvalue weighted by Gasteiger charge is 2.13. The Labute approximate surface area is 244 Å². The molecule has 0 atom stereocenters. The molecule has 0 aliphatic rings. The molecule has 6 heteroatoms. The van der Waals surface area contributed by atoms with Crippen molar-refractivity contribution in [2.24, 2.45) is 0 Å². The molecule has 0 aromatic heterocycles. The molecule has 0 bridgehead atoms. The molecule has 0 saturated heterocycles. The minimum Gasteiger partial charge on any atom is -0.489 e. The third kappa shape index (κ3) is 7.15. The molecule has 2 nitrogen and oxygen atoms in total. The fraction of sp³-hybridized carbons (Fsp3) is 0.125. The summed E-state index contributed by atoms with van der Waals surface area (Å²) in [5.74, 6) is 1.51. The molecule has 0 aliphatic heterocycles. The second-order valence-corrected chi connectivity index (χ2v) is 10.4. The van der Waals surface area contributed by atoms with Crippen molar-refractivity contribution in [3.05, 3.63) is 140 Å². The quantitative estimate of drug-likeness (QED) is 0.163. The van der Waals surface area contributed by atoms with Gasteiger partial charge >= 0.3 is 0 Å². The van der Waals surface area contributed by atoms with Gasteiger partial charge in [0.05, 0.1) is 0 Å². The summed E-state index contributed by atoms with van der Waals surface area (Å²) in [6.45, 7) is 8.44. The van der Waals surface area contributed by atoms with E-state index in [4.69, 9.17) is 55.9 Å². The van der Waals surface area contributed by atoms with Crippen LogP contribution in [0.1, 0.15) is 22.3 Å². The summed E-state index contributed by atoms with van der Waals surface area (Å²) in [5, 5.41) is 2.31. The summed E-state index contributed by atoms with van der Waals surface area (Å²) < 4.78 is 12.4. The normalized spacial score (nSPS) is 10.7. The lowest BCUT2D eigenvalue weighted by atomic mass is 9.97. The molecule has 0 N–H and O–H groups in total. The molecule has 4 aromatic carbocycles. The highest BCUT2D eigenvalue weighted by molar-refractivity contribution is 6.35. The molecule has 0 saturated carbocycles. The standard InChI is InChI=1S/C32H26Cl4O2/c1-3-5-21-7-13-32(38-20-25-9-12-27(34)18-30(25)36)28(15-21)22-10-14-31(23(16-22)6-4-2)37-19-24-8-11-26(33)17-29(24)35/h3-4,7-18H,1-2,5-6,19-20H2. The topological polar surface area (TPSA) is 18.5 Å². The lowest BCUT2D eigenvalue weighted by Gasteiger charge is -2.17. The first kappa shape index (κ1) is 28.1. The van der Waals surface area contributed by atoms with Crippen LogP contribution in [0.25, 0.3) is 11.1 Å². The van der Waals surface area contributed by atoms with Gasteiger partial charge in [0.25, 0.3) is 0 Å². The van der Waals surface area contributed by atoms with E-state index >= 15 is 0 Å². The SMILES string of the molecule is C=CCc1ccc(OCc2ccc(Cl)cc2Cl)c(-c2ccc(OCc3ccc(Cl)cc3Cl)c(CC=C)c2)c1. The number of allylic oxidation sites excluding steroid dienone is 2. The van der Waals surface area contributed by atoms with Crippen LogP contribution >= 0.6 is 46.4 Å². The van der Waals surface area contributed by atoms with Gasteiger partial charge in [-0.25, -0.2) is 0 Å². The van der Waals surface area contributed by atoms with Crippen LogP contribution in [0.2, 0.25) is 20.1 Å². The molecule has 0 spiro atoms. The van der Waals surface area contributed by atoms with E-state index in [0.717, 1.165) is 51.3 Å². The van der Waals surface area contributed by atoms with Crippen molar-refractivity contribution >= 4 is 46.4 Å². The van der Waals surface area contributed by atoms with Gasteiger partial charge in [0, 0.05) is 36.8 Å². The van der Waals surface area contributed by atoms with Gasteiger partial charge in [0.1, 0.15) is 24.7 Å². The lowest BCUT2D eigenvalue weighted by molar-refractivity contribution is 0.303. The lowest BCUT2D eigenvalue weighted by Crippen LogP contribution is -2.01. The van der Waals surface area contributed by atoms with E-state index < -0.39 is 0 Å². The average Bonchev–Trinajstić information content (AvgIpc) is 2.89. The molecule has 4 aromatic rings. The third-order valence-electron chi connectivity index (χ3n) is 5.96. The Morgan fingerprint density at radius 3 is 1.74 bits per heavy atom. The van der Waals surface area contributed by atoms with Gasteiger partial charge in [-0.2, -0.15) is 0 Å². The van der Waals surface area contributed by atoms with Crippen LogP contribution in [0.4, 0.5) is 0 Å². The molecular weight excluding hydrogens is 558 g/mol. The largest absolute Gasteiger partial charge is 0.489 e. The van der Waals surface area contributed by atoms with E-state index in [2.05, 4.69) is 25.3 Å². The van der Waals surface area contributed by atoms with Crippen molar-refractivity contribution in [2.75, 3.05) is 0 Å². The predicted molar refractivity (Wildman–Crippen MR) is 161 cm³/mol. The van der Waals surface area contributed by atoms with Crippen LogP contribution < -0.4 is 9.47 Å². The molecule has 0 aliphatic carbocycles. The summed E-state index contributed by atoms with van der Waals surface area (Å²) in [4.78, 5) is 0. The van der Waals surface area contributed by atoms with Gasteiger partial charge in [-0.3, -0.25) is 0 Å². The van der Waals surface area contributed by atoms with Crippen LogP contribution in [0.5, 0.6) is 11.5 Å². The van der Waals surface area contributed by atoms with Crippen molar-refractivity contribution in [2.45, 2.75) is 26.1 Å². The van der Waals surface area contributed by atoms with Crippen LogP contribution in [-0.4, -0.2) is 0 Å². The first-order valence-electron chi connectivity index (χ1n) is 12.0. The van der Waals surface area contributed by atoms with Crippen LogP contribution in [-0.2, 0) is 26.1 Å². The Hall–Kier alpha value is -2.88. The fourth-order valence-corrected chi connectivity index (χ4v) is 4.94. The molecule has 0 fully saturated rings. The zero-order chi connectivity index (χ0) is 27.1. The molecule has 38 heavy (non-hydrogen) atoms. The van der Waals surface area contributed by atoms with Crippen LogP contribution in [0.15, 0.2) is 98.1 Å².